The molecule has 1 fully saturated rings. The van der Waals surface area contributed by atoms with Crippen molar-refractivity contribution < 1.29 is 9.90 Å². The summed E-state index contributed by atoms with van der Waals surface area (Å²) in [5.74, 6) is 0.769. The lowest BCUT2D eigenvalue weighted by molar-refractivity contribution is 0.0674. The monoisotopic (exact) mass is 295 g/mol. The number of phenols is 1. The maximum Gasteiger partial charge on any atom is 0.255 e. The van der Waals surface area contributed by atoms with Gasteiger partial charge >= 0.3 is 0 Å². The molecule has 1 N–H and O–H groups in total. The summed E-state index contributed by atoms with van der Waals surface area (Å²) in [6.45, 7) is 2.23. The molecule has 0 radical (unpaired) electrons. The Morgan fingerprint density at radius 3 is 2.60 bits per heavy atom. The number of carbonyl (C=O) groups is 1. The lowest BCUT2D eigenvalue weighted by atomic mass is 9.84. The molecule has 1 aliphatic carbocycles. The van der Waals surface area contributed by atoms with Crippen molar-refractivity contribution in [2.45, 2.75) is 45.1 Å². The lowest BCUT2D eigenvalue weighted by Crippen LogP contribution is -2.39. The average molecular weight is 296 g/mol. The van der Waals surface area contributed by atoms with Gasteiger partial charge in [0.15, 0.2) is 0 Å². The van der Waals surface area contributed by atoms with Gasteiger partial charge < -0.3 is 10.0 Å². The summed E-state index contributed by atoms with van der Waals surface area (Å²) < 4.78 is 0. The molecule has 3 nitrogen and oxygen atoms in total. The van der Waals surface area contributed by atoms with E-state index in [1.54, 1.807) is 11.0 Å². The quantitative estimate of drug-likeness (QED) is 0.912. The minimum atomic E-state index is -0.106. The van der Waals surface area contributed by atoms with E-state index in [0.29, 0.717) is 10.6 Å². The van der Waals surface area contributed by atoms with E-state index >= 15 is 0 Å². The van der Waals surface area contributed by atoms with Gasteiger partial charge in [-0.3, -0.25) is 4.79 Å². The van der Waals surface area contributed by atoms with E-state index in [9.17, 15) is 9.90 Å². The second-order valence-corrected chi connectivity index (χ2v) is 6.07. The normalized spacial score (nSPS) is 22.6. The van der Waals surface area contributed by atoms with Gasteiger partial charge in [-0.25, -0.2) is 0 Å². The van der Waals surface area contributed by atoms with Gasteiger partial charge in [0.1, 0.15) is 5.75 Å². The third-order valence-corrected chi connectivity index (χ3v) is 4.77. The van der Waals surface area contributed by atoms with Crippen LogP contribution < -0.4 is 0 Å². The maximum atomic E-state index is 12.5. The fourth-order valence-electron chi connectivity index (χ4n) is 2.97. The Kier molecular flexibility index (Phi) is 4.92. The SMILES string of the molecule is CCC1CCC(N(C)C(=O)c2cc(O)ccc2Cl)CC1. The molecule has 0 bridgehead atoms. The number of halogens is 1. The zero-order valence-electron chi connectivity index (χ0n) is 12.1. The molecular weight excluding hydrogens is 274 g/mol. The number of hydrogen-bond donors (Lipinski definition) is 1. The van der Waals surface area contributed by atoms with Crippen LogP contribution in [0.4, 0.5) is 0 Å². The van der Waals surface area contributed by atoms with E-state index in [4.69, 9.17) is 11.6 Å². The molecule has 0 aromatic heterocycles. The summed E-state index contributed by atoms with van der Waals surface area (Å²) in [5.41, 5.74) is 0.381. The summed E-state index contributed by atoms with van der Waals surface area (Å²) in [6.07, 6.45) is 5.70. The first-order chi connectivity index (χ1) is 9.52. The van der Waals surface area contributed by atoms with E-state index in [2.05, 4.69) is 6.92 Å². The van der Waals surface area contributed by atoms with Crippen LogP contribution in [0.3, 0.4) is 0 Å². The van der Waals surface area contributed by atoms with Crippen LogP contribution in [0.5, 0.6) is 5.75 Å². The van der Waals surface area contributed by atoms with Crippen molar-refractivity contribution in [3.63, 3.8) is 0 Å². The number of amides is 1. The lowest BCUT2D eigenvalue weighted by Gasteiger charge is -2.34. The molecule has 0 spiro atoms. The zero-order valence-corrected chi connectivity index (χ0v) is 12.9. The number of aromatic hydroxyl groups is 1. The van der Waals surface area contributed by atoms with Crippen LogP contribution in [0, 0.1) is 5.92 Å². The summed E-state index contributed by atoms with van der Waals surface area (Å²) >= 11 is 6.06. The molecule has 1 saturated carbocycles. The van der Waals surface area contributed by atoms with Crippen molar-refractivity contribution in [2.75, 3.05) is 7.05 Å². The summed E-state index contributed by atoms with van der Waals surface area (Å²) in [6, 6.07) is 4.78. The molecule has 1 aromatic rings. The van der Waals surface area contributed by atoms with E-state index in [0.717, 1.165) is 18.8 Å². The fourth-order valence-corrected chi connectivity index (χ4v) is 3.17. The van der Waals surface area contributed by atoms with Gasteiger partial charge in [0.2, 0.25) is 0 Å². The number of phenolic OH excluding ortho intramolecular Hbond substituents is 1. The molecule has 0 saturated heterocycles. The minimum absolute atomic E-state index is 0.0702. The number of hydrogen-bond acceptors (Lipinski definition) is 2. The highest BCUT2D eigenvalue weighted by atomic mass is 35.5. The smallest absolute Gasteiger partial charge is 0.255 e. The van der Waals surface area contributed by atoms with Crippen LogP contribution in [0.2, 0.25) is 5.02 Å². The van der Waals surface area contributed by atoms with Crippen molar-refractivity contribution in [1.29, 1.82) is 0 Å². The molecule has 4 heteroatoms. The van der Waals surface area contributed by atoms with Crippen molar-refractivity contribution in [2.24, 2.45) is 5.92 Å². The van der Waals surface area contributed by atoms with Crippen LogP contribution in [0.25, 0.3) is 0 Å². The van der Waals surface area contributed by atoms with Gasteiger partial charge in [0.25, 0.3) is 5.91 Å². The highest BCUT2D eigenvalue weighted by Crippen LogP contribution is 2.30. The maximum absolute atomic E-state index is 12.5. The van der Waals surface area contributed by atoms with Gasteiger partial charge in [-0.1, -0.05) is 24.9 Å². The molecule has 1 aliphatic rings. The topological polar surface area (TPSA) is 40.5 Å². The molecule has 20 heavy (non-hydrogen) atoms. The number of nitrogens with zero attached hydrogens (tertiary/aromatic N) is 1. The Labute approximate surface area is 125 Å². The number of benzene rings is 1. The van der Waals surface area contributed by atoms with E-state index in [1.807, 2.05) is 7.05 Å². The molecule has 1 amide bonds. The van der Waals surface area contributed by atoms with E-state index in [-0.39, 0.29) is 17.7 Å². The second kappa shape index (κ2) is 6.49. The van der Waals surface area contributed by atoms with Gasteiger partial charge in [0.05, 0.1) is 10.6 Å². The minimum Gasteiger partial charge on any atom is -0.508 e. The van der Waals surface area contributed by atoms with Crippen molar-refractivity contribution in [3.05, 3.63) is 28.8 Å². The van der Waals surface area contributed by atoms with Crippen molar-refractivity contribution >= 4 is 17.5 Å². The summed E-state index contributed by atoms with van der Waals surface area (Å²) in [4.78, 5) is 14.3. The molecule has 0 atom stereocenters. The fraction of sp³-hybridized carbons (Fsp3) is 0.562. The van der Waals surface area contributed by atoms with Crippen LogP contribution in [-0.4, -0.2) is 29.0 Å². The van der Waals surface area contributed by atoms with Crippen LogP contribution in [-0.2, 0) is 0 Å². The Morgan fingerprint density at radius 1 is 1.35 bits per heavy atom. The summed E-state index contributed by atoms with van der Waals surface area (Å²) in [7, 11) is 1.83. The first-order valence-electron chi connectivity index (χ1n) is 7.28. The van der Waals surface area contributed by atoms with Crippen molar-refractivity contribution in [1.82, 2.24) is 4.90 Å². The first kappa shape index (κ1) is 15.2. The highest BCUT2D eigenvalue weighted by Gasteiger charge is 2.27. The predicted octanol–water partition coefficient (Wildman–Crippen LogP) is 4.09. The van der Waals surface area contributed by atoms with Crippen LogP contribution in [0.15, 0.2) is 18.2 Å². The first-order valence-corrected chi connectivity index (χ1v) is 7.66. The third kappa shape index (κ3) is 3.26. The zero-order chi connectivity index (χ0) is 14.7. The van der Waals surface area contributed by atoms with Gasteiger partial charge in [0, 0.05) is 13.1 Å². The Morgan fingerprint density at radius 2 is 2.00 bits per heavy atom. The Bertz CT molecular complexity index is 481. The van der Waals surface area contributed by atoms with Crippen LogP contribution >= 0.6 is 11.6 Å². The molecular formula is C16H22ClNO2. The largest absolute Gasteiger partial charge is 0.508 e. The molecule has 1 aromatic carbocycles. The van der Waals surface area contributed by atoms with Crippen molar-refractivity contribution in [3.8, 4) is 5.75 Å². The predicted molar refractivity (Wildman–Crippen MR) is 81.2 cm³/mol. The number of rotatable bonds is 3. The van der Waals surface area contributed by atoms with E-state index < -0.39 is 0 Å². The second-order valence-electron chi connectivity index (χ2n) is 5.66. The highest BCUT2D eigenvalue weighted by molar-refractivity contribution is 6.33. The Hall–Kier alpha value is -1.22. The summed E-state index contributed by atoms with van der Waals surface area (Å²) in [5, 5.41) is 9.91. The van der Waals surface area contributed by atoms with E-state index in [1.165, 1.54) is 31.4 Å². The molecule has 0 heterocycles. The number of carbonyl (C=O) groups excluding carboxylic acids is 1. The van der Waals surface area contributed by atoms with Gasteiger partial charge in [-0.05, 0) is 49.8 Å². The average Bonchev–Trinajstić information content (AvgIpc) is 2.48. The Balaban J connectivity index is 2.07. The van der Waals surface area contributed by atoms with Gasteiger partial charge in [-0.15, -0.1) is 0 Å². The van der Waals surface area contributed by atoms with Gasteiger partial charge in [-0.2, -0.15) is 0 Å². The third-order valence-electron chi connectivity index (χ3n) is 4.44. The standard InChI is InChI=1S/C16H22ClNO2/c1-3-11-4-6-12(7-5-11)18(2)16(20)14-10-13(19)8-9-15(14)17/h8-12,19H,3-7H2,1-2H3. The molecule has 0 aliphatic heterocycles. The van der Waals surface area contributed by atoms with Crippen LogP contribution in [0.1, 0.15) is 49.4 Å². The molecule has 0 unspecified atom stereocenters. The molecule has 110 valence electrons. The molecule has 2 rings (SSSR count).